The van der Waals surface area contributed by atoms with E-state index in [2.05, 4.69) is 13.8 Å². The molecule has 0 saturated carbocycles. The van der Waals surface area contributed by atoms with Crippen molar-refractivity contribution >= 4 is 0 Å². The molecule has 26 heavy (non-hydrogen) atoms. The van der Waals surface area contributed by atoms with E-state index in [-0.39, 0.29) is 36.4 Å². The van der Waals surface area contributed by atoms with E-state index in [0.29, 0.717) is 13.0 Å². The predicted molar refractivity (Wildman–Crippen MR) is 95.7 cm³/mol. The number of benzene rings is 1. The van der Waals surface area contributed by atoms with Gasteiger partial charge in [-0.3, -0.25) is 0 Å². The van der Waals surface area contributed by atoms with Crippen molar-refractivity contribution in [2.45, 2.75) is 57.1 Å². The predicted octanol–water partition coefficient (Wildman–Crippen LogP) is 2.31. The molecule has 2 aliphatic rings. The summed E-state index contributed by atoms with van der Waals surface area (Å²) < 4.78 is 29.5. The van der Waals surface area contributed by atoms with Crippen LogP contribution in [-0.2, 0) is 23.7 Å². The van der Waals surface area contributed by atoms with Crippen LogP contribution in [0.5, 0.6) is 0 Å². The Balaban J connectivity index is 1.79. The minimum Gasteiger partial charge on any atom is -0.394 e. The fraction of sp³-hybridized carbons (Fsp3) is 0.700. The molecule has 3 rings (SSSR count). The van der Waals surface area contributed by atoms with Crippen molar-refractivity contribution in [3.05, 3.63) is 35.9 Å². The Morgan fingerprint density at radius 1 is 1.12 bits per heavy atom. The zero-order chi connectivity index (χ0) is 18.7. The molecule has 6 atom stereocenters. The van der Waals surface area contributed by atoms with Gasteiger partial charge in [-0.05, 0) is 0 Å². The molecule has 2 aliphatic heterocycles. The van der Waals surface area contributed by atoms with E-state index in [9.17, 15) is 5.11 Å². The summed E-state index contributed by atoms with van der Waals surface area (Å²) in [4.78, 5) is 0. The average molecular weight is 366 g/mol. The summed E-state index contributed by atoms with van der Waals surface area (Å²) in [5, 5.41) is 9.86. The van der Waals surface area contributed by atoms with Crippen LogP contribution >= 0.6 is 0 Å². The largest absolute Gasteiger partial charge is 0.394 e. The molecule has 1 N–H and O–H groups in total. The molecular formula is C20H30O6. The zero-order valence-corrected chi connectivity index (χ0v) is 16.0. The molecule has 2 heterocycles. The van der Waals surface area contributed by atoms with E-state index >= 15 is 0 Å². The Morgan fingerprint density at radius 3 is 2.46 bits per heavy atom. The van der Waals surface area contributed by atoms with Crippen LogP contribution in [0.2, 0.25) is 0 Å². The number of rotatable bonds is 7. The second-order valence-corrected chi connectivity index (χ2v) is 7.62. The van der Waals surface area contributed by atoms with Gasteiger partial charge in [0.1, 0.15) is 12.2 Å². The minimum atomic E-state index is -0.445. The third-order valence-electron chi connectivity index (χ3n) is 5.53. The molecule has 1 aromatic rings. The van der Waals surface area contributed by atoms with Gasteiger partial charge in [0.05, 0.1) is 31.5 Å². The number of ether oxygens (including phenoxy) is 5. The molecule has 0 aliphatic carbocycles. The highest BCUT2D eigenvalue weighted by molar-refractivity contribution is 5.18. The number of hydrogen-bond donors (Lipinski definition) is 1. The van der Waals surface area contributed by atoms with Crippen molar-refractivity contribution in [2.75, 3.05) is 27.4 Å². The Morgan fingerprint density at radius 2 is 1.85 bits per heavy atom. The highest BCUT2D eigenvalue weighted by Gasteiger charge is 2.57. The molecule has 0 aromatic heterocycles. The van der Waals surface area contributed by atoms with Gasteiger partial charge in [-0.1, -0.05) is 44.2 Å². The van der Waals surface area contributed by atoms with E-state index in [1.165, 1.54) is 0 Å². The summed E-state index contributed by atoms with van der Waals surface area (Å²) in [6.07, 6.45) is -0.905. The van der Waals surface area contributed by atoms with E-state index in [1.807, 2.05) is 30.3 Å². The maximum absolute atomic E-state index is 9.86. The van der Waals surface area contributed by atoms with Crippen LogP contribution in [0.3, 0.4) is 0 Å². The molecule has 0 spiro atoms. The first-order chi connectivity index (χ1) is 12.5. The van der Waals surface area contributed by atoms with Gasteiger partial charge in [0.2, 0.25) is 0 Å². The Hall–Kier alpha value is -1.02. The van der Waals surface area contributed by atoms with Crippen molar-refractivity contribution < 1.29 is 28.8 Å². The van der Waals surface area contributed by atoms with Crippen molar-refractivity contribution in [2.24, 2.45) is 5.41 Å². The first kappa shape index (κ1) is 19.7. The summed E-state index contributed by atoms with van der Waals surface area (Å²) in [7, 11) is 3.33. The monoisotopic (exact) mass is 366 g/mol. The van der Waals surface area contributed by atoms with Crippen LogP contribution in [-0.4, -0.2) is 63.1 Å². The molecule has 146 valence electrons. The zero-order valence-electron chi connectivity index (χ0n) is 16.0. The lowest BCUT2D eigenvalue weighted by Gasteiger charge is -2.48. The summed E-state index contributed by atoms with van der Waals surface area (Å²) >= 11 is 0. The topological polar surface area (TPSA) is 66.4 Å². The number of aliphatic hydroxyl groups is 1. The lowest BCUT2D eigenvalue weighted by molar-refractivity contribution is -0.211. The third kappa shape index (κ3) is 3.81. The second-order valence-electron chi connectivity index (χ2n) is 7.62. The summed E-state index contributed by atoms with van der Waals surface area (Å²) in [5.74, 6) is 0. The van der Waals surface area contributed by atoms with E-state index in [4.69, 9.17) is 23.7 Å². The van der Waals surface area contributed by atoms with Gasteiger partial charge >= 0.3 is 0 Å². The van der Waals surface area contributed by atoms with Gasteiger partial charge in [0.25, 0.3) is 0 Å². The highest BCUT2D eigenvalue weighted by Crippen LogP contribution is 2.48. The molecule has 6 nitrogen and oxygen atoms in total. The van der Waals surface area contributed by atoms with Crippen molar-refractivity contribution in [3.8, 4) is 0 Å². The first-order valence-corrected chi connectivity index (χ1v) is 9.15. The minimum absolute atomic E-state index is 0.0765. The average Bonchev–Trinajstić information content (AvgIpc) is 3.11. The summed E-state index contributed by atoms with van der Waals surface area (Å²) in [5.41, 5.74) is 0.671. The molecule has 0 bridgehead atoms. The molecular weight excluding hydrogens is 336 g/mol. The van der Waals surface area contributed by atoms with E-state index in [1.54, 1.807) is 14.2 Å². The van der Waals surface area contributed by atoms with E-state index in [0.717, 1.165) is 5.56 Å². The molecule has 6 heteroatoms. The Kier molecular flexibility index (Phi) is 6.33. The fourth-order valence-electron chi connectivity index (χ4n) is 3.92. The highest BCUT2D eigenvalue weighted by atomic mass is 16.7. The molecule has 1 unspecified atom stereocenters. The quantitative estimate of drug-likeness (QED) is 0.799. The van der Waals surface area contributed by atoms with Gasteiger partial charge in [-0.2, -0.15) is 0 Å². The number of fused-ring (bicyclic) bond motifs is 1. The number of aliphatic hydroxyl groups excluding tert-OH is 1. The van der Waals surface area contributed by atoms with Crippen molar-refractivity contribution in [1.29, 1.82) is 0 Å². The van der Waals surface area contributed by atoms with Crippen LogP contribution < -0.4 is 0 Å². The molecule has 2 fully saturated rings. The lowest BCUT2D eigenvalue weighted by atomic mass is 9.73. The van der Waals surface area contributed by atoms with Gasteiger partial charge in [-0.25, -0.2) is 0 Å². The van der Waals surface area contributed by atoms with Crippen LogP contribution in [0, 0.1) is 5.41 Å². The molecule has 0 radical (unpaired) electrons. The van der Waals surface area contributed by atoms with Gasteiger partial charge in [0.15, 0.2) is 6.29 Å². The Labute approximate surface area is 155 Å². The van der Waals surface area contributed by atoms with Gasteiger partial charge < -0.3 is 28.8 Å². The normalized spacial score (nSPS) is 34.4. The maximum atomic E-state index is 9.86. The number of methoxy groups -OCH3 is 2. The lowest BCUT2D eigenvalue weighted by Crippen LogP contribution is -2.59. The maximum Gasteiger partial charge on any atom is 0.184 e. The molecule has 1 aromatic carbocycles. The molecule has 2 saturated heterocycles. The van der Waals surface area contributed by atoms with Gasteiger partial charge in [0, 0.05) is 31.6 Å². The third-order valence-corrected chi connectivity index (χ3v) is 5.53. The SMILES string of the molecule is COC[C@H](C[C@H]1O[C@H](CO)[C@@H]2OC(c3ccccc3)O[C@@H]2C1(C)C)OC. The van der Waals surface area contributed by atoms with E-state index < -0.39 is 12.4 Å². The smallest absolute Gasteiger partial charge is 0.184 e. The second kappa shape index (κ2) is 8.33. The first-order valence-electron chi connectivity index (χ1n) is 9.15. The van der Waals surface area contributed by atoms with Crippen LogP contribution in [0.1, 0.15) is 32.1 Å². The summed E-state index contributed by atoms with van der Waals surface area (Å²) in [6.45, 7) is 4.63. The fourth-order valence-corrected chi connectivity index (χ4v) is 3.92. The Bertz CT molecular complexity index is 563. The van der Waals surface area contributed by atoms with Gasteiger partial charge in [-0.15, -0.1) is 0 Å². The molecule has 0 amide bonds. The van der Waals surface area contributed by atoms with Crippen molar-refractivity contribution in [3.63, 3.8) is 0 Å². The summed E-state index contributed by atoms with van der Waals surface area (Å²) in [6, 6.07) is 9.87. The number of hydrogen-bond acceptors (Lipinski definition) is 6. The van der Waals surface area contributed by atoms with Crippen LogP contribution in [0.25, 0.3) is 0 Å². The van der Waals surface area contributed by atoms with Crippen LogP contribution in [0.4, 0.5) is 0 Å². The van der Waals surface area contributed by atoms with Crippen LogP contribution in [0.15, 0.2) is 30.3 Å². The van der Waals surface area contributed by atoms with Crippen molar-refractivity contribution in [1.82, 2.24) is 0 Å². The standard InChI is InChI=1S/C20H30O6/c1-20(2)16(10-14(23-4)12-22-3)24-15(11-21)17-18(20)26-19(25-17)13-8-6-5-7-9-13/h5-9,14-19,21H,10-12H2,1-4H3/t14-,15+,16+,17-,18-,19?/m0/s1.